The van der Waals surface area contributed by atoms with E-state index in [1.165, 1.54) is 31.6 Å². The van der Waals surface area contributed by atoms with Crippen molar-refractivity contribution in [3.63, 3.8) is 0 Å². The van der Waals surface area contributed by atoms with Gasteiger partial charge in [-0.25, -0.2) is 9.78 Å². The maximum atomic E-state index is 13.3. The third-order valence-electron chi connectivity index (χ3n) is 6.81. The number of carboxylic acid groups (broad SMARTS) is 1. The second-order valence-corrected chi connectivity index (χ2v) is 10.0. The van der Waals surface area contributed by atoms with Crippen molar-refractivity contribution in [1.29, 1.82) is 0 Å². The molecule has 4 rings (SSSR count). The van der Waals surface area contributed by atoms with Crippen LogP contribution in [0.4, 0.5) is 0 Å². The number of nitrogens with two attached hydrogens (primary N) is 1. The van der Waals surface area contributed by atoms with Crippen LogP contribution in [0, 0.1) is 0 Å². The number of benzene rings is 2. The van der Waals surface area contributed by atoms with E-state index < -0.39 is 47.9 Å². The van der Waals surface area contributed by atoms with Crippen molar-refractivity contribution < 1.29 is 29.4 Å². The molecule has 0 aliphatic heterocycles. The number of rotatable bonds is 13. The van der Waals surface area contributed by atoms with Gasteiger partial charge in [0, 0.05) is 41.8 Å². The SMILES string of the molecule is CC(NC(=O)C(Cc1ccc(O)cc1)NC(=O)C(N)Cc1c[nH]c2ccccc12)C(=O)NC(Cc1cnc[nH]1)C(=O)O. The first kappa shape index (κ1) is 29.8. The van der Waals surface area contributed by atoms with E-state index in [0.717, 1.165) is 16.5 Å². The van der Waals surface area contributed by atoms with Crippen molar-refractivity contribution in [3.05, 3.63) is 84.1 Å². The van der Waals surface area contributed by atoms with Gasteiger partial charge in [0.2, 0.25) is 17.7 Å². The van der Waals surface area contributed by atoms with Gasteiger partial charge >= 0.3 is 5.97 Å². The second-order valence-electron chi connectivity index (χ2n) is 10.0. The van der Waals surface area contributed by atoms with Crippen molar-refractivity contribution in [3.8, 4) is 5.75 Å². The average Bonchev–Trinajstić information content (AvgIpc) is 3.63. The number of aliphatic carboxylic acids is 1. The molecule has 0 bridgehead atoms. The van der Waals surface area contributed by atoms with Crippen LogP contribution >= 0.6 is 0 Å². The predicted molar refractivity (Wildman–Crippen MR) is 153 cm³/mol. The van der Waals surface area contributed by atoms with Crippen LogP contribution in [0.25, 0.3) is 10.9 Å². The van der Waals surface area contributed by atoms with Gasteiger partial charge in [-0.05, 0) is 42.7 Å². The van der Waals surface area contributed by atoms with Crippen LogP contribution in [0.15, 0.2) is 67.3 Å². The summed E-state index contributed by atoms with van der Waals surface area (Å²) in [5, 5.41) is 27.8. The molecule has 0 spiro atoms. The minimum Gasteiger partial charge on any atom is -0.508 e. The maximum Gasteiger partial charge on any atom is 0.326 e. The van der Waals surface area contributed by atoms with E-state index in [9.17, 15) is 29.4 Å². The van der Waals surface area contributed by atoms with Crippen LogP contribution < -0.4 is 21.7 Å². The van der Waals surface area contributed by atoms with E-state index in [1.807, 2.05) is 24.3 Å². The first-order valence-corrected chi connectivity index (χ1v) is 13.3. The molecule has 4 atom stereocenters. The van der Waals surface area contributed by atoms with Crippen LogP contribution in [0.3, 0.4) is 0 Å². The van der Waals surface area contributed by atoms with Gasteiger partial charge in [0.1, 0.15) is 23.9 Å². The van der Waals surface area contributed by atoms with Crippen molar-refractivity contribution >= 4 is 34.6 Å². The molecule has 42 heavy (non-hydrogen) atoms. The Balaban J connectivity index is 1.43. The number of aromatic hydroxyl groups is 1. The summed E-state index contributed by atoms with van der Waals surface area (Å²) in [5.41, 5.74) is 9.14. The largest absolute Gasteiger partial charge is 0.508 e. The highest BCUT2D eigenvalue weighted by atomic mass is 16.4. The van der Waals surface area contributed by atoms with E-state index in [-0.39, 0.29) is 25.0 Å². The number of H-pyrrole nitrogens is 2. The summed E-state index contributed by atoms with van der Waals surface area (Å²) in [4.78, 5) is 60.7. The Morgan fingerprint density at radius 3 is 2.29 bits per heavy atom. The number of carboxylic acids is 1. The molecule has 13 heteroatoms. The summed E-state index contributed by atoms with van der Waals surface area (Å²) in [7, 11) is 0. The number of para-hydroxylation sites is 1. The number of aromatic nitrogens is 3. The number of imidazole rings is 1. The Morgan fingerprint density at radius 1 is 0.881 bits per heavy atom. The molecule has 9 N–H and O–H groups in total. The topological polar surface area (TPSA) is 215 Å². The second kappa shape index (κ2) is 13.5. The van der Waals surface area contributed by atoms with Crippen molar-refractivity contribution in [2.75, 3.05) is 0 Å². The van der Waals surface area contributed by atoms with Crippen molar-refractivity contribution in [2.45, 2.75) is 50.4 Å². The van der Waals surface area contributed by atoms with E-state index >= 15 is 0 Å². The zero-order chi connectivity index (χ0) is 30.2. The lowest BCUT2D eigenvalue weighted by Crippen LogP contribution is -2.57. The minimum atomic E-state index is -1.26. The van der Waals surface area contributed by atoms with Gasteiger partial charge in [-0.15, -0.1) is 0 Å². The zero-order valence-electron chi connectivity index (χ0n) is 22.8. The third kappa shape index (κ3) is 7.73. The Bertz CT molecular complexity index is 1530. The fourth-order valence-corrected chi connectivity index (χ4v) is 4.48. The van der Waals surface area contributed by atoms with E-state index in [2.05, 4.69) is 30.9 Å². The molecule has 13 nitrogen and oxygen atoms in total. The quantitative estimate of drug-likeness (QED) is 0.112. The molecule has 3 amide bonds. The summed E-state index contributed by atoms with van der Waals surface area (Å²) in [6.45, 7) is 1.41. The number of phenols is 1. The van der Waals surface area contributed by atoms with Crippen molar-refractivity contribution in [2.24, 2.45) is 5.73 Å². The zero-order valence-corrected chi connectivity index (χ0v) is 22.8. The summed E-state index contributed by atoms with van der Waals surface area (Å²) >= 11 is 0. The molecule has 0 aliphatic rings. The number of amides is 3. The molecular formula is C29H33N7O6. The Hall–Kier alpha value is -5.17. The molecule has 220 valence electrons. The van der Waals surface area contributed by atoms with Gasteiger partial charge in [-0.3, -0.25) is 14.4 Å². The Labute approximate surface area is 240 Å². The molecule has 2 aromatic carbocycles. The van der Waals surface area contributed by atoms with E-state index in [4.69, 9.17) is 5.73 Å². The number of carbonyl (C=O) groups excluding carboxylic acids is 3. The number of hydrogen-bond donors (Lipinski definition) is 8. The van der Waals surface area contributed by atoms with Crippen LogP contribution in [-0.4, -0.2) is 73.0 Å². The first-order chi connectivity index (χ1) is 20.1. The van der Waals surface area contributed by atoms with E-state index in [1.54, 1.807) is 18.3 Å². The number of nitrogens with zero attached hydrogens (tertiary/aromatic N) is 1. The number of aromatic amines is 2. The molecular weight excluding hydrogens is 542 g/mol. The van der Waals surface area contributed by atoms with Gasteiger partial charge in [0.05, 0.1) is 12.4 Å². The van der Waals surface area contributed by atoms with Gasteiger partial charge in [-0.1, -0.05) is 30.3 Å². The molecule has 0 radical (unpaired) electrons. The lowest BCUT2D eigenvalue weighted by molar-refractivity contribution is -0.142. The summed E-state index contributed by atoms with van der Waals surface area (Å²) < 4.78 is 0. The fraction of sp³-hybridized carbons (Fsp3) is 0.276. The summed E-state index contributed by atoms with van der Waals surface area (Å²) in [6, 6.07) is 9.26. The number of carbonyl (C=O) groups is 4. The summed E-state index contributed by atoms with van der Waals surface area (Å²) in [5.74, 6) is -3.17. The lowest BCUT2D eigenvalue weighted by Gasteiger charge is -2.23. The minimum absolute atomic E-state index is 0.0322. The van der Waals surface area contributed by atoms with Crippen molar-refractivity contribution in [1.82, 2.24) is 30.9 Å². The average molecular weight is 576 g/mol. The van der Waals surface area contributed by atoms with Crippen LogP contribution in [0.1, 0.15) is 23.7 Å². The normalized spacial score (nSPS) is 14.0. The molecule has 0 aliphatic carbocycles. The van der Waals surface area contributed by atoms with Crippen LogP contribution in [-0.2, 0) is 38.4 Å². The van der Waals surface area contributed by atoms with Crippen LogP contribution in [0.2, 0.25) is 0 Å². The molecule has 0 saturated heterocycles. The van der Waals surface area contributed by atoms with E-state index in [0.29, 0.717) is 11.3 Å². The van der Waals surface area contributed by atoms with Gasteiger partial charge in [-0.2, -0.15) is 0 Å². The summed E-state index contributed by atoms with van der Waals surface area (Å²) in [6.07, 6.45) is 4.87. The number of phenolic OH excluding ortho intramolecular Hbond substituents is 1. The molecule has 2 heterocycles. The van der Waals surface area contributed by atoms with Gasteiger partial charge in [0.15, 0.2) is 0 Å². The standard InChI is InChI=1S/C29H33N7O6/c1-16(26(38)36-25(29(41)42)12-19-14-31-15-33-19)34-28(40)24(10-17-6-8-20(37)9-7-17)35-27(39)22(30)11-18-13-32-23-5-3-2-4-21(18)23/h2-9,13-16,22,24-25,32,37H,10-12,30H2,1H3,(H,31,33)(H,34,40)(H,35,39)(H,36,38)(H,41,42). The predicted octanol–water partition coefficient (Wildman–Crippen LogP) is 0.511. The highest BCUT2D eigenvalue weighted by Gasteiger charge is 2.29. The highest BCUT2D eigenvalue weighted by molar-refractivity contribution is 5.94. The molecule has 0 fully saturated rings. The van der Waals surface area contributed by atoms with Crippen LogP contribution in [0.5, 0.6) is 5.75 Å². The fourth-order valence-electron chi connectivity index (χ4n) is 4.48. The van der Waals surface area contributed by atoms with Gasteiger partial charge < -0.3 is 41.9 Å². The molecule has 2 aromatic heterocycles. The number of hydrogen-bond acceptors (Lipinski definition) is 7. The Kier molecular flexibility index (Phi) is 9.55. The third-order valence-corrected chi connectivity index (χ3v) is 6.81. The monoisotopic (exact) mass is 575 g/mol. The molecule has 0 saturated carbocycles. The number of nitrogens with one attached hydrogen (secondary N) is 5. The maximum absolute atomic E-state index is 13.3. The molecule has 4 unspecified atom stereocenters. The Morgan fingerprint density at radius 2 is 1.60 bits per heavy atom. The highest BCUT2D eigenvalue weighted by Crippen LogP contribution is 2.19. The smallest absolute Gasteiger partial charge is 0.326 e. The number of fused-ring (bicyclic) bond motifs is 1. The lowest BCUT2D eigenvalue weighted by atomic mass is 10.0. The first-order valence-electron chi connectivity index (χ1n) is 13.3. The molecule has 4 aromatic rings. The van der Waals surface area contributed by atoms with Gasteiger partial charge in [0.25, 0.3) is 0 Å².